The molecule has 4 nitrogen and oxygen atoms in total. The Balaban J connectivity index is 1.50. The molecule has 6 heteroatoms. The lowest BCUT2D eigenvalue weighted by Gasteiger charge is -2.56. The van der Waals surface area contributed by atoms with Crippen molar-refractivity contribution in [1.29, 1.82) is 5.26 Å². The van der Waals surface area contributed by atoms with Crippen LogP contribution in [0.25, 0.3) is 0 Å². The summed E-state index contributed by atoms with van der Waals surface area (Å²) in [5.74, 6) is 0.161. The Bertz CT molecular complexity index is 1130. The van der Waals surface area contributed by atoms with Crippen LogP contribution in [0, 0.1) is 46.1 Å². The summed E-state index contributed by atoms with van der Waals surface area (Å²) in [6.07, 6.45) is 6.33. The number of benzene rings is 1. The Morgan fingerprint density at radius 3 is 2.75 bits per heavy atom. The molecule has 2 saturated carbocycles. The molecular weight excluding hydrogens is 410 g/mol. The summed E-state index contributed by atoms with van der Waals surface area (Å²) < 4.78 is 30.1. The van der Waals surface area contributed by atoms with E-state index in [1.54, 1.807) is 6.07 Å². The fraction of sp³-hybridized carbons (Fsp3) is 0.538. The van der Waals surface area contributed by atoms with Gasteiger partial charge in [-0.2, -0.15) is 9.65 Å². The van der Waals surface area contributed by atoms with Crippen molar-refractivity contribution in [3.05, 3.63) is 64.5 Å². The van der Waals surface area contributed by atoms with Gasteiger partial charge in [-0.05, 0) is 73.0 Å². The monoisotopic (exact) mass is 439 g/mol. The molecule has 168 valence electrons. The van der Waals surface area contributed by atoms with E-state index >= 15 is 0 Å². The Hall–Kier alpha value is -2.52. The maximum atomic E-state index is 14.9. The van der Waals surface area contributed by atoms with Crippen LogP contribution in [0.5, 0.6) is 0 Å². The predicted octanol–water partition coefficient (Wildman–Crippen LogP) is 4.44. The van der Waals surface area contributed by atoms with Gasteiger partial charge in [-0.15, -0.1) is 0 Å². The number of halogens is 2. The molecule has 3 unspecified atom stereocenters. The number of fused-ring (bicyclic) bond motifs is 5. The van der Waals surface area contributed by atoms with Crippen molar-refractivity contribution in [3.8, 4) is 6.07 Å². The van der Waals surface area contributed by atoms with Crippen molar-refractivity contribution in [2.75, 3.05) is 0 Å². The first-order valence-corrected chi connectivity index (χ1v) is 11.5. The maximum Gasteiger partial charge on any atom is 0.258 e. The SMILES string of the molecule is C[C@H]1C[C@@]2(C)C(CC[C@@]2(O)Cc2cc[n+](O)cc2F)C2CCc3c(ccc(C#N)c3F)C21. The van der Waals surface area contributed by atoms with E-state index in [0.717, 1.165) is 31.0 Å². The van der Waals surface area contributed by atoms with Crippen LogP contribution in [-0.2, 0) is 12.8 Å². The third kappa shape index (κ3) is 2.90. The summed E-state index contributed by atoms with van der Waals surface area (Å²) >= 11 is 0. The second-order valence-corrected chi connectivity index (χ2v) is 10.5. The number of nitriles is 1. The third-order valence-electron chi connectivity index (χ3n) is 9.04. The van der Waals surface area contributed by atoms with Gasteiger partial charge in [0, 0.05) is 28.2 Å². The summed E-state index contributed by atoms with van der Waals surface area (Å²) in [7, 11) is 0. The quantitative estimate of drug-likeness (QED) is 0.537. The van der Waals surface area contributed by atoms with Crippen LogP contribution < -0.4 is 4.73 Å². The molecule has 1 heterocycles. The molecule has 1 aromatic carbocycles. The molecule has 2 aromatic rings. The normalized spacial score (nSPS) is 35.5. The Kier molecular flexibility index (Phi) is 4.83. The minimum absolute atomic E-state index is 0.111. The molecule has 3 aliphatic rings. The van der Waals surface area contributed by atoms with E-state index in [-0.39, 0.29) is 41.0 Å². The molecule has 3 aliphatic carbocycles. The first-order valence-electron chi connectivity index (χ1n) is 11.5. The molecular formula is C26H29F2N2O2+. The molecule has 0 spiro atoms. The average molecular weight is 440 g/mol. The largest absolute Gasteiger partial charge is 0.389 e. The summed E-state index contributed by atoms with van der Waals surface area (Å²) in [6.45, 7) is 4.33. The highest BCUT2D eigenvalue weighted by atomic mass is 19.1. The first kappa shape index (κ1) is 21.3. The van der Waals surface area contributed by atoms with Crippen LogP contribution in [0.1, 0.15) is 67.7 Å². The minimum Gasteiger partial charge on any atom is -0.389 e. The second kappa shape index (κ2) is 7.25. The topological polar surface area (TPSA) is 68.1 Å². The van der Waals surface area contributed by atoms with E-state index in [1.807, 2.05) is 12.1 Å². The van der Waals surface area contributed by atoms with E-state index < -0.39 is 11.4 Å². The average Bonchev–Trinajstić information content (AvgIpc) is 3.00. The lowest BCUT2D eigenvalue weighted by atomic mass is 9.50. The Morgan fingerprint density at radius 2 is 2.03 bits per heavy atom. The van der Waals surface area contributed by atoms with Gasteiger partial charge in [0.2, 0.25) is 6.20 Å². The summed E-state index contributed by atoms with van der Waals surface area (Å²) in [4.78, 5) is 0. The lowest BCUT2D eigenvalue weighted by molar-refractivity contribution is -0.905. The zero-order chi connectivity index (χ0) is 22.8. The van der Waals surface area contributed by atoms with Gasteiger partial charge in [0.05, 0.1) is 11.2 Å². The number of rotatable bonds is 2. The zero-order valence-corrected chi connectivity index (χ0v) is 18.5. The number of aromatic nitrogens is 1. The standard InChI is InChI=1S/C26H29F2N2O2/c1-15-11-25(2)21(7-9-26(25,31)12-16-8-10-30(32)14-22(16)27)20-6-5-19-18(23(15)20)4-3-17(13-29)24(19)28/h3-4,8,10,14-15,20-21,23,31-32H,5-7,9,11-12H2,1-2H3/q+1/t15-,20?,21?,23?,25-,26+/m0/s1. The molecule has 1 aromatic heterocycles. The molecule has 32 heavy (non-hydrogen) atoms. The predicted molar refractivity (Wildman–Crippen MR) is 113 cm³/mol. The Labute approximate surface area is 187 Å². The Morgan fingerprint density at radius 1 is 1.25 bits per heavy atom. The van der Waals surface area contributed by atoms with Gasteiger partial charge in [0.15, 0.2) is 5.82 Å². The highest BCUT2D eigenvalue weighted by Crippen LogP contribution is 2.66. The lowest BCUT2D eigenvalue weighted by Crippen LogP contribution is -2.54. The first-order chi connectivity index (χ1) is 15.2. The maximum absolute atomic E-state index is 14.9. The fourth-order valence-electron chi connectivity index (χ4n) is 7.59. The molecule has 2 N–H and O–H groups in total. The molecule has 0 radical (unpaired) electrons. The van der Waals surface area contributed by atoms with Crippen LogP contribution in [0.4, 0.5) is 8.78 Å². The van der Waals surface area contributed by atoms with Crippen molar-refractivity contribution in [2.45, 2.75) is 63.9 Å². The smallest absolute Gasteiger partial charge is 0.258 e. The molecule has 0 bridgehead atoms. The number of pyridine rings is 1. The minimum atomic E-state index is -1.03. The molecule has 6 atom stereocenters. The van der Waals surface area contributed by atoms with Crippen molar-refractivity contribution in [2.24, 2.45) is 23.2 Å². The number of nitrogens with zero attached hydrogens (tertiary/aromatic N) is 2. The highest BCUT2D eigenvalue weighted by molar-refractivity contribution is 5.44. The molecule has 0 aliphatic heterocycles. The summed E-state index contributed by atoms with van der Waals surface area (Å²) in [5, 5.41) is 30.6. The van der Waals surface area contributed by atoms with Gasteiger partial charge in [0.25, 0.3) is 6.20 Å². The van der Waals surface area contributed by atoms with E-state index in [0.29, 0.717) is 34.6 Å². The van der Waals surface area contributed by atoms with E-state index in [4.69, 9.17) is 0 Å². The van der Waals surface area contributed by atoms with Gasteiger partial charge in [-0.25, -0.2) is 4.39 Å². The van der Waals surface area contributed by atoms with Gasteiger partial charge in [-0.1, -0.05) is 19.9 Å². The second-order valence-electron chi connectivity index (χ2n) is 10.5. The van der Waals surface area contributed by atoms with E-state index in [9.17, 15) is 24.4 Å². The van der Waals surface area contributed by atoms with Crippen molar-refractivity contribution < 1.29 is 23.8 Å². The van der Waals surface area contributed by atoms with E-state index in [1.165, 1.54) is 12.3 Å². The van der Waals surface area contributed by atoms with Crippen molar-refractivity contribution in [3.63, 3.8) is 0 Å². The van der Waals surface area contributed by atoms with Gasteiger partial charge in [0.1, 0.15) is 11.9 Å². The molecule has 5 rings (SSSR count). The van der Waals surface area contributed by atoms with Crippen molar-refractivity contribution >= 4 is 0 Å². The van der Waals surface area contributed by atoms with Crippen LogP contribution in [0.2, 0.25) is 0 Å². The van der Waals surface area contributed by atoms with Crippen LogP contribution in [0.3, 0.4) is 0 Å². The van der Waals surface area contributed by atoms with Crippen LogP contribution in [-0.4, -0.2) is 15.9 Å². The van der Waals surface area contributed by atoms with Gasteiger partial charge < -0.3 is 5.11 Å². The fourth-order valence-corrected chi connectivity index (χ4v) is 7.59. The third-order valence-corrected chi connectivity index (χ3v) is 9.04. The summed E-state index contributed by atoms with van der Waals surface area (Å²) in [5.41, 5.74) is 0.847. The number of aliphatic hydroxyl groups is 1. The molecule has 2 fully saturated rings. The number of hydrogen-bond donors (Lipinski definition) is 2. The molecule has 0 saturated heterocycles. The van der Waals surface area contributed by atoms with Gasteiger partial charge >= 0.3 is 0 Å². The molecule has 0 amide bonds. The van der Waals surface area contributed by atoms with Crippen LogP contribution >= 0.6 is 0 Å². The van der Waals surface area contributed by atoms with Crippen molar-refractivity contribution in [1.82, 2.24) is 0 Å². The summed E-state index contributed by atoms with van der Waals surface area (Å²) in [6, 6.07) is 7.04. The van der Waals surface area contributed by atoms with E-state index in [2.05, 4.69) is 13.8 Å². The number of hydrogen-bond acceptors (Lipinski definition) is 3. The zero-order valence-electron chi connectivity index (χ0n) is 18.5. The van der Waals surface area contributed by atoms with Gasteiger partial charge in [-0.3, -0.25) is 5.21 Å². The highest BCUT2D eigenvalue weighted by Gasteiger charge is 2.63. The van der Waals surface area contributed by atoms with Crippen LogP contribution in [0.15, 0.2) is 30.6 Å².